The molecule has 2 rings (SSSR count). The maximum absolute atomic E-state index is 8.49. The summed E-state index contributed by atoms with van der Waals surface area (Å²) < 4.78 is 1.19. The molecule has 0 atom stereocenters. The molecule has 0 aliphatic heterocycles. The molecule has 0 amide bonds. The summed E-state index contributed by atoms with van der Waals surface area (Å²) in [6, 6.07) is 12.9. The number of anilines is 2. The summed E-state index contributed by atoms with van der Waals surface area (Å²) in [6.07, 6.45) is 0. The van der Waals surface area contributed by atoms with E-state index in [1.165, 1.54) is 2.43 Å². The number of halogens is 7. The maximum atomic E-state index is 8.49. The fourth-order valence-corrected chi connectivity index (χ4v) is 2.49. The third kappa shape index (κ3) is 20.2. The van der Waals surface area contributed by atoms with Crippen molar-refractivity contribution in [3.63, 3.8) is 0 Å². The fourth-order valence-electron chi connectivity index (χ4n) is 2.10. The quantitative estimate of drug-likeness (QED) is 0.128. The molecule has 0 aliphatic rings. The zero-order chi connectivity index (χ0) is 23.5. The molecular weight excluding hydrogens is 833 g/mol. The van der Waals surface area contributed by atoms with Gasteiger partial charge in [0, 0.05) is 34.5 Å². The van der Waals surface area contributed by atoms with Crippen LogP contribution < -0.4 is 16.8 Å². The SMILES string of the molecule is CI.CN(CC#N)Cc1cc(Cl)ccc1N.CNCc1cc(Cl)ccc1N.Cl.Cl.ICI. The molecule has 32 heavy (non-hydrogen) atoms. The Hall–Kier alpha value is 0.800. The van der Waals surface area contributed by atoms with Crippen molar-refractivity contribution in [1.29, 1.82) is 5.26 Å². The number of nitrogen functional groups attached to an aromatic ring is 2. The zero-order valence-corrected chi connectivity index (χ0v) is 27.7. The van der Waals surface area contributed by atoms with Crippen LogP contribution in [0.1, 0.15) is 11.1 Å². The predicted molar refractivity (Wildman–Crippen MR) is 174 cm³/mol. The Kier molecular flexibility index (Phi) is 33.0. The van der Waals surface area contributed by atoms with Crippen molar-refractivity contribution >= 4 is 127 Å². The monoisotopic (exact) mass is 861 g/mol. The molecule has 2 aromatic rings. The molecule has 0 unspecified atom stereocenters. The Morgan fingerprint density at radius 3 is 1.78 bits per heavy atom. The first kappa shape index (κ1) is 40.0. The Balaban J connectivity index is -0.000000197. The van der Waals surface area contributed by atoms with Gasteiger partial charge in [0.25, 0.3) is 0 Å². The van der Waals surface area contributed by atoms with Crippen LogP contribution in [0, 0.1) is 11.3 Å². The zero-order valence-electron chi connectivity index (χ0n) is 18.0. The van der Waals surface area contributed by atoms with Gasteiger partial charge in [-0.2, -0.15) is 5.26 Å². The first-order valence-corrected chi connectivity index (χ1v) is 14.5. The molecule has 0 radical (unpaired) electrons. The standard InChI is InChI=1S/C10H12ClN3.C8H11ClN2.CH2I2.CH3I.2ClH/c1-14(5-4-12)7-8-6-9(11)2-3-10(8)13;1-11-5-6-4-7(9)2-3-8(6)10;2-1-3;1-2;;/h2-3,6H,5,7,13H2,1H3;2-4,11H,5,10H2,1H3;1H2;1H3;2*1H. The van der Waals surface area contributed by atoms with Gasteiger partial charge in [-0.15, -0.1) is 24.8 Å². The Bertz CT molecular complexity index is 765. The molecule has 0 heterocycles. The van der Waals surface area contributed by atoms with Crippen molar-refractivity contribution < 1.29 is 0 Å². The summed E-state index contributed by atoms with van der Waals surface area (Å²) in [4.78, 5) is 3.85. The fraction of sp³-hybridized carbons (Fsp3) is 0.350. The van der Waals surface area contributed by atoms with Crippen LogP contribution in [0.25, 0.3) is 0 Å². The van der Waals surface area contributed by atoms with Crippen molar-refractivity contribution in [3.8, 4) is 6.07 Å². The van der Waals surface area contributed by atoms with Gasteiger partial charge in [-0.3, -0.25) is 4.90 Å². The summed E-state index contributed by atoms with van der Waals surface area (Å²) in [5.41, 5.74) is 14.9. The molecule has 0 saturated carbocycles. The maximum Gasteiger partial charge on any atom is 0.0866 e. The van der Waals surface area contributed by atoms with Crippen LogP contribution >= 0.6 is 116 Å². The summed E-state index contributed by atoms with van der Waals surface area (Å²) in [6.45, 7) is 1.78. The summed E-state index contributed by atoms with van der Waals surface area (Å²) in [7, 11) is 3.74. The average Bonchev–Trinajstić information content (AvgIpc) is 2.71. The number of hydrogen-bond acceptors (Lipinski definition) is 5. The molecule has 5 N–H and O–H groups in total. The second-order valence-corrected chi connectivity index (χ2v) is 11.0. The molecule has 0 saturated heterocycles. The molecule has 0 aliphatic carbocycles. The van der Waals surface area contributed by atoms with E-state index in [0.29, 0.717) is 23.8 Å². The number of nitrogens with zero attached hydrogens (tertiary/aromatic N) is 2. The predicted octanol–water partition coefficient (Wildman–Crippen LogP) is 7.23. The van der Waals surface area contributed by atoms with Gasteiger partial charge in [0.1, 0.15) is 0 Å². The third-order valence-corrected chi connectivity index (χ3v) is 3.83. The van der Waals surface area contributed by atoms with Gasteiger partial charge in [-0.1, -0.05) is 91.0 Å². The minimum Gasteiger partial charge on any atom is -0.398 e. The number of nitrogens with two attached hydrogens (primary N) is 2. The lowest BCUT2D eigenvalue weighted by Crippen LogP contribution is -2.18. The van der Waals surface area contributed by atoms with E-state index in [9.17, 15) is 0 Å². The number of rotatable bonds is 5. The van der Waals surface area contributed by atoms with Crippen LogP contribution in [-0.2, 0) is 13.1 Å². The van der Waals surface area contributed by atoms with Gasteiger partial charge in [-0.05, 0) is 66.6 Å². The Labute approximate surface area is 256 Å². The smallest absolute Gasteiger partial charge is 0.0866 e. The molecule has 0 fully saturated rings. The lowest BCUT2D eigenvalue weighted by molar-refractivity contribution is 0.368. The van der Waals surface area contributed by atoms with E-state index in [0.717, 1.165) is 28.4 Å². The number of nitriles is 1. The van der Waals surface area contributed by atoms with Crippen LogP contribution in [0.15, 0.2) is 36.4 Å². The lowest BCUT2D eigenvalue weighted by Gasteiger charge is -2.14. The summed E-state index contributed by atoms with van der Waals surface area (Å²) in [5.74, 6) is 0. The average molecular weight is 863 g/mol. The lowest BCUT2D eigenvalue weighted by atomic mass is 10.2. The van der Waals surface area contributed by atoms with Crippen LogP contribution in [0.2, 0.25) is 10.0 Å². The van der Waals surface area contributed by atoms with Gasteiger partial charge in [0.2, 0.25) is 0 Å². The van der Waals surface area contributed by atoms with Gasteiger partial charge >= 0.3 is 0 Å². The van der Waals surface area contributed by atoms with Crippen LogP contribution in [0.3, 0.4) is 0 Å². The largest absolute Gasteiger partial charge is 0.398 e. The van der Waals surface area contributed by atoms with Gasteiger partial charge in [0.15, 0.2) is 0 Å². The third-order valence-electron chi connectivity index (χ3n) is 3.36. The van der Waals surface area contributed by atoms with Crippen LogP contribution in [0.4, 0.5) is 11.4 Å². The Morgan fingerprint density at radius 1 is 0.969 bits per heavy atom. The van der Waals surface area contributed by atoms with Crippen LogP contribution in [-0.4, -0.2) is 32.9 Å². The van der Waals surface area contributed by atoms with E-state index in [1.807, 2.05) is 42.1 Å². The number of nitrogens with one attached hydrogen (secondary N) is 1. The molecule has 12 heteroatoms. The number of hydrogen-bond donors (Lipinski definition) is 3. The minimum absolute atomic E-state index is 0. The van der Waals surface area contributed by atoms with E-state index in [1.54, 1.807) is 18.2 Å². The molecule has 0 spiro atoms. The number of alkyl halides is 3. The van der Waals surface area contributed by atoms with E-state index >= 15 is 0 Å². The topological polar surface area (TPSA) is 91.1 Å². The van der Waals surface area contributed by atoms with Crippen molar-refractivity contribution in [2.45, 2.75) is 13.1 Å². The van der Waals surface area contributed by atoms with Crippen molar-refractivity contribution in [2.24, 2.45) is 0 Å². The first-order chi connectivity index (χ1) is 14.3. The molecule has 0 bridgehead atoms. The molecular formula is C20H30Cl4I3N5. The van der Waals surface area contributed by atoms with Crippen molar-refractivity contribution in [1.82, 2.24) is 10.2 Å². The second-order valence-electron chi connectivity index (χ2n) is 5.65. The highest BCUT2D eigenvalue weighted by molar-refractivity contribution is 14.2. The van der Waals surface area contributed by atoms with E-state index in [4.69, 9.17) is 39.9 Å². The summed E-state index contributed by atoms with van der Waals surface area (Å²) in [5, 5.41) is 12.9. The highest BCUT2D eigenvalue weighted by Gasteiger charge is 2.03. The van der Waals surface area contributed by atoms with Crippen molar-refractivity contribution in [2.75, 3.05) is 39.5 Å². The molecule has 2 aromatic carbocycles. The minimum atomic E-state index is 0. The first-order valence-electron chi connectivity index (χ1n) is 8.56. The van der Waals surface area contributed by atoms with Gasteiger partial charge < -0.3 is 16.8 Å². The summed E-state index contributed by atoms with van der Waals surface area (Å²) >= 11 is 18.3. The van der Waals surface area contributed by atoms with E-state index < -0.39 is 0 Å². The molecule has 0 aromatic heterocycles. The highest BCUT2D eigenvalue weighted by Crippen LogP contribution is 2.19. The molecule has 184 valence electrons. The number of benzene rings is 2. The Morgan fingerprint density at radius 2 is 1.38 bits per heavy atom. The van der Waals surface area contributed by atoms with Gasteiger partial charge in [0.05, 0.1) is 15.0 Å². The highest BCUT2D eigenvalue weighted by atomic mass is 127. The molecule has 5 nitrogen and oxygen atoms in total. The van der Waals surface area contributed by atoms with Gasteiger partial charge in [-0.25, -0.2) is 0 Å². The van der Waals surface area contributed by atoms with Crippen molar-refractivity contribution in [3.05, 3.63) is 57.6 Å². The van der Waals surface area contributed by atoms with E-state index in [-0.39, 0.29) is 24.8 Å². The van der Waals surface area contributed by atoms with Crippen LogP contribution in [0.5, 0.6) is 0 Å². The second kappa shape index (κ2) is 26.4. The normalized spacial score (nSPS) is 8.62. The van der Waals surface area contributed by atoms with E-state index in [2.05, 4.69) is 79.2 Å².